The minimum Gasteiger partial charge on any atom is -0.468 e. The number of carbonyl (C=O) groups excluding carboxylic acids is 1. The van der Waals surface area contributed by atoms with E-state index in [1.54, 1.807) is 0 Å². The minimum atomic E-state index is -0.298. The molecule has 0 amide bonds. The van der Waals surface area contributed by atoms with Crippen LogP contribution in [0.1, 0.15) is 27.2 Å². The number of aromatic nitrogens is 3. The van der Waals surface area contributed by atoms with Crippen LogP contribution in [-0.4, -0.2) is 53.4 Å². The van der Waals surface area contributed by atoms with Crippen LogP contribution in [-0.2, 0) is 9.53 Å². The first-order valence-electron chi connectivity index (χ1n) is 7.09. The Morgan fingerprint density at radius 1 is 1.24 bits per heavy atom. The predicted molar refractivity (Wildman–Crippen MR) is 84.9 cm³/mol. The highest BCUT2D eigenvalue weighted by atomic mass is 32.2. The first-order valence-corrected chi connectivity index (χ1v) is 8.07. The Balaban J connectivity index is 2.93. The number of esters is 1. The van der Waals surface area contributed by atoms with E-state index in [1.807, 2.05) is 18.7 Å². The van der Waals surface area contributed by atoms with E-state index in [9.17, 15) is 4.79 Å². The van der Waals surface area contributed by atoms with Crippen LogP contribution in [0.25, 0.3) is 0 Å². The molecule has 0 aliphatic heterocycles. The van der Waals surface area contributed by atoms with Crippen molar-refractivity contribution in [2.24, 2.45) is 0 Å². The maximum atomic E-state index is 11.2. The van der Waals surface area contributed by atoms with Crippen molar-refractivity contribution >= 4 is 29.6 Å². The Morgan fingerprint density at radius 3 is 2.52 bits per heavy atom. The van der Waals surface area contributed by atoms with Gasteiger partial charge in [0.05, 0.1) is 12.9 Å². The van der Waals surface area contributed by atoms with Gasteiger partial charge in [-0.25, -0.2) is 0 Å². The van der Waals surface area contributed by atoms with Gasteiger partial charge in [-0.3, -0.25) is 4.79 Å². The number of anilines is 2. The van der Waals surface area contributed by atoms with E-state index < -0.39 is 0 Å². The molecule has 1 N–H and O–H groups in total. The van der Waals surface area contributed by atoms with Gasteiger partial charge in [-0.1, -0.05) is 18.7 Å². The molecule has 21 heavy (non-hydrogen) atoms. The summed E-state index contributed by atoms with van der Waals surface area (Å²) in [5, 5.41) is 3.69. The lowest BCUT2D eigenvalue weighted by molar-refractivity contribution is -0.137. The molecular weight excluding hydrogens is 290 g/mol. The summed E-state index contributed by atoms with van der Waals surface area (Å²) in [5.41, 5.74) is 0. The molecule has 0 aromatic carbocycles. The van der Waals surface area contributed by atoms with Crippen molar-refractivity contribution in [1.29, 1.82) is 0 Å². The molecule has 7 nitrogen and oxygen atoms in total. The molecule has 8 heteroatoms. The first-order chi connectivity index (χ1) is 10.1. The Labute approximate surface area is 129 Å². The van der Waals surface area contributed by atoms with E-state index in [1.165, 1.54) is 18.9 Å². The van der Waals surface area contributed by atoms with Crippen LogP contribution >= 0.6 is 11.8 Å². The average Bonchev–Trinajstić information content (AvgIpc) is 2.51. The number of ether oxygens (including phenoxy) is 1. The van der Waals surface area contributed by atoms with E-state index >= 15 is 0 Å². The van der Waals surface area contributed by atoms with Crippen molar-refractivity contribution in [3.05, 3.63) is 0 Å². The SMILES string of the molecule is CCCNc1nc(SCC(=O)OC)nc(N(CC)CC)n1. The van der Waals surface area contributed by atoms with Crippen LogP contribution in [0.3, 0.4) is 0 Å². The van der Waals surface area contributed by atoms with Crippen LogP contribution in [0.4, 0.5) is 11.9 Å². The molecule has 0 radical (unpaired) electrons. The second-order valence-electron chi connectivity index (χ2n) is 4.21. The fourth-order valence-electron chi connectivity index (χ4n) is 1.56. The third-order valence-electron chi connectivity index (χ3n) is 2.73. The zero-order valence-electron chi connectivity index (χ0n) is 13.0. The Kier molecular flexibility index (Phi) is 7.81. The number of hydrogen-bond donors (Lipinski definition) is 1. The second-order valence-corrected chi connectivity index (χ2v) is 5.15. The number of carbonyl (C=O) groups is 1. The fraction of sp³-hybridized carbons (Fsp3) is 0.692. The van der Waals surface area contributed by atoms with Crippen LogP contribution in [0, 0.1) is 0 Å². The van der Waals surface area contributed by atoms with E-state index in [4.69, 9.17) is 0 Å². The highest BCUT2D eigenvalue weighted by Gasteiger charge is 2.12. The van der Waals surface area contributed by atoms with Crippen molar-refractivity contribution in [1.82, 2.24) is 15.0 Å². The second kappa shape index (κ2) is 9.38. The molecule has 0 unspecified atom stereocenters. The maximum Gasteiger partial charge on any atom is 0.316 e. The van der Waals surface area contributed by atoms with Crippen molar-refractivity contribution in [2.75, 3.05) is 42.7 Å². The van der Waals surface area contributed by atoms with Gasteiger partial charge in [0, 0.05) is 19.6 Å². The monoisotopic (exact) mass is 313 g/mol. The van der Waals surface area contributed by atoms with Gasteiger partial charge in [0.2, 0.25) is 11.9 Å². The highest BCUT2D eigenvalue weighted by Crippen LogP contribution is 2.18. The zero-order valence-corrected chi connectivity index (χ0v) is 13.9. The summed E-state index contributed by atoms with van der Waals surface area (Å²) in [6.07, 6.45) is 0.983. The fourth-order valence-corrected chi connectivity index (χ4v) is 2.22. The summed E-state index contributed by atoms with van der Waals surface area (Å²) >= 11 is 1.25. The van der Waals surface area contributed by atoms with Gasteiger partial charge >= 0.3 is 5.97 Å². The lowest BCUT2D eigenvalue weighted by Gasteiger charge is -2.19. The third kappa shape index (κ3) is 5.74. The summed E-state index contributed by atoms with van der Waals surface area (Å²) < 4.78 is 4.63. The van der Waals surface area contributed by atoms with E-state index in [0.717, 1.165) is 26.1 Å². The van der Waals surface area contributed by atoms with Crippen molar-refractivity contribution < 1.29 is 9.53 Å². The molecule has 1 aromatic rings. The molecule has 1 aromatic heterocycles. The number of nitrogens with one attached hydrogen (secondary N) is 1. The molecule has 118 valence electrons. The van der Waals surface area contributed by atoms with Crippen LogP contribution in [0.5, 0.6) is 0 Å². The molecular formula is C13H23N5O2S. The quantitative estimate of drug-likeness (QED) is 0.546. The molecule has 0 saturated carbocycles. The van der Waals surface area contributed by atoms with Crippen LogP contribution in [0.15, 0.2) is 5.16 Å². The van der Waals surface area contributed by atoms with Crippen molar-refractivity contribution in [3.8, 4) is 0 Å². The van der Waals surface area contributed by atoms with Gasteiger partial charge in [-0.05, 0) is 20.3 Å². The lowest BCUT2D eigenvalue weighted by Crippen LogP contribution is -2.25. The van der Waals surface area contributed by atoms with Crippen molar-refractivity contribution in [3.63, 3.8) is 0 Å². The van der Waals surface area contributed by atoms with Gasteiger partial charge in [0.25, 0.3) is 0 Å². The number of rotatable bonds is 9. The van der Waals surface area contributed by atoms with Gasteiger partial charge in [0.1, 0.15) is 0 Å². The summed E-state index contributed by atoms with van der Waals surface area (Å²) in [4.78, 5) is 26.4. The van der Waals surface area contributed by atoms with Gasteiger partial charge < -0.3 is 15.0 Å². The Bertz CT molecular complexity index is 454. The lowest BCUT2D eigenvalue weighted by atomic mass is 10.5. The van der Waals surface area contributed by atoms with E-state index in [0.29, 0.717) is 17.1 Å². The van der Waals surface area contributed by atoms with Gasteiger partial charge in [-0.2, -0.15) is 15.0 Å². The summed E-state index contributed by atoms with van der Waals surface area (Å²) in [7, 11) is 1.37. The number of hydrogen-bond acceptors (Lipinski definition) is 8. The molecule has 0 fully saturated rings. The molecule has 1 heterocycles. The first kappa shape index (κ1) is 17.5. The molecule has 0 aliphatic carbocycles. The smallest absolute Gasteiger partial charge is 0.316 e. The number of thioether (sulfide) groups is 1. The van der Waals surface area contributed by atoms with Crippen LogP contribution < -0.4 is 10.2 Å². The topological polar surface area (TPSA) is 80.2 Å². The molecule has 0 atom stereocenters. The van der Waals surface area contributed by atoms with E-state index in [-0.39, 0.29) is 11.7 Å². The maximum absolute atomic E-state index is 11.2. The van der Waals surface area contributed by atoms with Crippen LogP contribution in [0.2, 0.25) is 0 Å². The molecule has 0 saturated heterocycles. The predicted octanol–water partition coefficient (Wildman–Crippen LogP) is 1.80. The summed E-state index contributed by atoms with van der Waals surface area (Å²) in [5.74, 6) is 1.06. The Hall–Kier alpha value is -1.57. The number of methoxy groups -OCH3 is 1. The minimum absolute atomic E-state index is 0.186. The van der Waals surface area contributed by atoms with Gasteiger partial charge in [-0.15, -0.1) is 0 Å². The van der Waals surface area contributed by atoms with Gasteiger partial charge in [0.15, 0.2) is 5.16 Å². The average molecular weight is 313 g/mol. The largest absolute Gasteiger partial charge is 0.468 e. The summed E-state index contributed by atoms with van der Waals surface area (Å²) in [6.45, 7) is 8.60. The Morgan fingerprint density at radius 2 is 1.95 bits per heavy atom. The summed E-state index contributed by atoms with van der Waals surface area (Å²) in [6, 6.07) is 0. The molecule has 0 aliphatic rings. The standard InChI is InChI=1S/C13H23N5O2S/c1-5-8-14-11-15-12(18(6-2)7-3)17-13(16-11)21-9-10(19)20-4/h5-9H2,1-4H3,(H,14,15,16,17). The number of nitrogens with zero attached hydrogens (tertiary/aromatic N) is 4. The van der Waals surface area contributed by atoms with Crippen molar-refractivity contribution in [2.45, 2.75) is 32.3 Å². The molecule has 1 rings (SSSR count). The normalized spacial score (nSPS) is 10.3. The molecule has 0 bridgehead atoms. The molecule has 0 spiro atoms. The third-order valence-corrected chi connectivity index (χ3v) is 3.55. The zero-order chi connectivity index (χ0) is 15.7. The highest BCUT2D eigenvalue weighted by molar-refractivity contribution is 7.99. The van der Waals surface area contributed by atoms with E-state index in [2.05, 4.69) is 31.9 Å².